The van der Waals surface area contributed by atoms with Crippen LogP contribution in [0.4, 0.5) is 0 Å². The van der Waals surface area contributed by atoms with Crippen LogP contribution in [0.2, 0.25) is 0 Å². The van der Waals surface area contributed by atoms with Gasteiger partial charge in [0.15, 0.2) is 0 Å². The lowest BCUT2D eigenvalue weighted by atomic mass is 9.85. The number of ether oxygens (including phenoxy) is 1. The van der Waals surface area contributed by atoms with Crippen LogP contribution < -0.4 is 5.73 Å². The number of carbonyl (C=O) groups excluding carboxylic acids is 1. The SMILES string of the molecule is CC(C)[C@H]1COCCN1C(=O)[C@H]1CC[C@H](N)CC1. The summed E-state index contributed by atoms with van der Waals surface area (Å²) in [6, 6.07) is 0.557. The van der Waals surface area contributed by atoms with E-state index in [-0.39, 0.29) is 12.0 Å². The maximum absolute atomic E-state index is 12.6. The molecule has 0 aromatic carbocycles. The minimum atomic E-state index is 0.198. The summed E-state index contributed by atoms with van der Waals surface area (Å²) in [6.45, 7) is 6.45. The van der Waals surface area contributed by atoms with Gasteiger partial charge in [0.2, 0.25) is 5.91 Å². The summed E-state index contributed by atoms with van der Waals surface area (Å²) in [6.07, 6.45) is 3.91. The number of nitrogens with zero attached hydrogens (tertiary/aromatic N) is 1. The van der Waals surface area contributed by atoms with Crippen LogP contribution in [0.25, 0.3) is 0 Å². The highest BCUT2D eigenvalue weighted by Gasteiger charge is 2.34. The van der Waals surface area contributed by atoms with E-state index >= 15 is 0 Å². The zero-order chi connectivity index (χ0) is 13.1. The van der Waals surface area contributed by atoms with Crippen LogP contribution >= 0.6 is 0 Å². The molecule has 0 spiro atoms. The summed E-state index contributed by atoms with van der Waals surface area (Å²) >= 11 is 0. The number of nitrogens with two attached hydrogens (primary N) is 1. The predicted octanol–water partition coefficient (Wildman–Crippen LogP) is 1.39. The number of amides is 1. The fourth-order valence-electron chi connectivity index (χ4n) is 3.05. The van der Waals surface area contributed by atoms with Crippen LogP contribution in [-0.4, -0.2) is 42.6 Å². The van der Waals surface area contributed by atoms with Gasteiger partial charge in [-0.1, -0.05) is 13.8 Å². The molecule has 18 heavy (non-hydrogen) atoms. The third-order valence-corrected chi connectivity index (χ3v) is 4.34. The lowest BCUT2D eigenvalue weighted by Gasteiger charge is -2.40. The zero-order valence-electron chi connectivity index (χ0n) is 11.6. The molecule has 0 unspecified atom stereocenters. The van der Waals surface area contributed by atoms with E-state index in [1.807, 2.05) is 0 Å². The Morgan fingerprint density at radius 3 is 2.56 bits per heavy atom. The van der Waals surface area contributed by atoms with Crippen LogP contribution in [0.15, 0.2) is 0 Å². The molecule has 104 valence electrons. The molecule has 2 N–H and O–H groups in total. The van der Waals surface area contributed by atoms with Gasteiger partial charge >= 0.3 is 0 Å². The molecule has 0 bridgehead atoms. The summed E-state index contributed by atoms with van der Waals surface area (Å²) in [7, 11) is 0. The van der Waals surface area contributed by atoms with Gasteiger partial charge in [-0.25, -0.2) is 0 Å². The molecule has 2 fully saturated rings. The molecule has 1 saturated carbocycles. The lowest BCUT2D eigenvalue weighted by molar-refractivity contribution is -0.147. The maximum atomic E-state index is 12.6. The van der Waals surface area contributed by atoms with Crippen molar-refractivity contribution in [2.24, 2.45) is 17.6 Å². The van der Waals surface area contributed by atoms with E-state index in [2.05, 4.69) is 18.7 Å². The normalized spacial score (nSPS) is 33.8. The molecule has 1 saturated heterocycles. The highest BCUT2D eigenvalue weighted by Crippen LogP contribution is 2.27. The number of carbonyl (C=O) groups is 1. The quantitative estimate of drug-likeness (QED) is 0.810. The van der Waals surface area contributed by atoms with Gasteiger partial charge in [-0.3, -0.25) is 4.79 Å². The van der Waals surface area contributed by atoms with Crippen molar-refractivity contribution in [3.63, 3.8) is 0 Å². The van der Waals surface area contributed by atoms with E-state index in [0.717, 1.165) is 32.2 Å². The van der Waals surface area contributed by atoms with Crippen LogP contribution in [0, 0.1) is 11.8 Å². The minimum Gasteiger partial charge on any atom is -0.377 e. The van der Waals surface area contributed by atoms with E-state index in [9.17, 15) is 4.79 Å². The molecule has 2 aliphatic rings. The summed E-state index contributed by atoms with van der Waals surface area (Å²) in [5, 5.41) is 0. The average molecular weight is 254 g/mol. The van der Waals surface area contributed by atoms with Gasteiger partial charge < -0.3 is 15.4 Å². The third-order valence-electron chi connectivity index (χ3n) is 4.34. The summed E-state index contributed by atoms with van der Waals surface area (Å²) in [5.41, 5.74) is 5.91. The molecule has 4 nitrogen and oxygen atoms in total. The molecular weight excluding hydrogens is 228 g/mol. The van der Waals surface area contributed by atoms with Gasteiger partial charge in [0, 0.05) is 18.5 Å². The first-order valence-corrected chi connectivity index (χ1v) is 7.23. The van der Waals surface area contributed by atoms with Crippen LogP contribution in [-0.2, 0) is 9.53 Å². The van der Waals surface area contributed by atoms with Gasteiger partial charge in [-0.15, -0.1) is 0 Å². The highest BCUT2D eigenvalue weighted by atomic mass is 16.5. The van der Waals surface area contributed by atoms with E-state index in [1.165, 1.54) is 0 Å². The Hall–Kier alpha value is -0.610. The lowest BCUT2D eigenvalue weighted by Crippen LogP contribution is -2.53. The molecule has 1 amide bonds. The monoisotopic (exact) mass is 254 g/mol. The van der Waals surface area contributed by atoms with Crippen LogP contribution in [0.1, 0.15) is 39.5 Å². The summed E-state index contributed by atoms with van der Waals surface area (Å²) in [5.74, 6) is 0.994. The standard InChI is InChI=1S/C14H26N2O2/c1-10(2)13-9-18-8-7-16(13)14(17)11-3-5-12(15)6-4-11/h10-13H,3-9,15H2,1-2H3/t11-,12-,13-/m1/s1. The second-order valence-electron chi connectivity index (χ2n) is 6.03. The fourth-order valence-corrected chi connectivity index (χ4v) is 3.05. The highest BCUT2D eigenvalue weighted by molar-refractivity contribution is 5.79. The van der Waals surface area contributed by atoms with Crippen molar-refractivity contribution in [3.05, 3.63) is 0 Å². The average Bonchev–Trinajstić information content (AvgIpc) is 2.39. The van der Waals surface area contributed by atoms with Gasteiger partial charge in [0.25, 0.3) is 0 Å². The molecule has 4 heteroatoms. The second kappa shape index (κ2) is 6.02. The molecular formula is C14H26N2O2. The van der Waals surface area contributed by atoms with Gasteiger partial charge in [0.05, 0.1) is 19.3 Å². The van der Waals surface area contributed by atoms with Crippen molar-refractivity contribution >= 4 is 5.91 Å². The molecule has 0 aromatic rings. The Labute approximate surface area is 110 Å². The van der Waals surface area contributed by atoms with Crippen molar-refractivity contribution < 1.29 is 9.53 Å². The minimum absolute atomic E-state index is 0.198. The van der Waals surface area contributed by atoms with Crippen molar-refractivity contribution in [1.82, 2.24) is 4.90 Å². The molecule has 1 heterocycles. The molecule has 1 aliphatic heterocycles. The predicted molar refractivity (Wildman–Crippen MR) is 71.1 cm³/mol. The Bertz CT molecular complexity index is 286. The zero-order valence-corrected chi connectivity index (χ0v) is 11.6. The third kappa shape index (κ3) is 3.04. The van der Waals surface area contributed by atoms with E-state index < -0.39 is 0 Å². The second-order valence-corrected chi connectivity index (χ2v) is 6.03. The summed E-state index contributed by atoms with van der Waals surface area (Å²) < 4.78 is 5.51. The van der Waals surface area contributed by atoms with E-state index in [0.29, 0.717) is 31.1 Å². The molecule has 1 atom stereocenters. The Morgan fingerprint density at radius 1 is 1.28 bits per heavy atom. The first kappa shape index (κ1) is 13.8. The van der Waals surface area contributed by atoms with Crippen molar-refractivity contribution in [2.45, 2.75) is 51.6 Å². The number of morpholine rings is 1. The maximum Gasteiger partial charge on any atom is 0.226 e. The molecule has 0 aromatic heterocycles. The first-order valence-electron chi connectivity index (χ1n) is 7.23. The van der Waals surface area contributed by atoms with E-state index in [4.69, 9.17) is 10.5 Å². The van der Waals surface area contributed by atoms with Crippen molar-refractivity contribution in [3.8, 4) is 0 Å². The first-order chi connectivity index (χ1) is 8.59. The van der Waals surface area contributed by atoms with Gasteiger partial charge in [-0.05, 0) is 31.6 Å². The van der Waals surface area contributed by atoms with Gasteiger partial charge in [0.1, 0.15) is 0 Å². The topological polar surface area (TPSA) is 55.6 Å². The Kier molecular flexibility index (Phi) is 4.62. The Balaban J connectivity index is 1.97. The Morgan fingerprint density at radius 2 is 1.94 bits per heavy atom. The summed E-state index contributed by atoms with van der Waals surface area (Å²) in [4.78, 5) is 14.7. The number of hydrogen-bond donors (Lipinski definition) is 1. The molecule has 0 radical (unpaired) electrons. The largest absolute Gasteiger partial charge is 0.377 e. The van der Waals surface area contributed by atoms with Gasteiger partial charge in [-0.2, -0.15) is 0 Å². The smallest absolute Gasteiger partial charge is 0.226 e. The molecule has 1 aliphatic carbocycles. The van der Waals surface area contributed by atoms with Crippen LogP contribution in [0.5, 0.6) is 0 Å². The number of hydrogen-bond acceptors (Lipinski definition) is 3. The molecule has 2 rings (SSSR count). The number of rotatable bonds is 2. The van der Waals surface area contributed by atoms with Crippen LogP contribution in [0.3, 0.4) is 0 Å². The van der Waals surface area contributed by atoms with Crippen molar-refractivity contribution in [1.29, 1.82) is 0 Å². The van der Waals surface area contributed by atoms with E-state index in [1.54, 1.807) is 0 Å². The van der Waals surface area contributed by atoms with Crippen molar-refractivity contribution in [2.75, 3.05) is 19.8 Å². The fraction of sp³-hybridized carbons (Fsp3) is 0.929.